The Kier molecular flexibility index (Phi) is 4.25. The summed E-state index contributed by atoms with van der Waals surface area (Å²) in [5.74, 6) is -0.0495. The standard InChI is InChI=1S/C15H18N2O3/c1-3-14(11-6-4-10(2)5-7-11)20-12-8-13(15(16)18)17(19)9-12/h4-7,12-13,19H,1,8-9H2,2H3,(H2,16,18)/t12-,13-/m0/s1. The summed E-state index contributed by atoms with van der Waals surface area (Å²) < 4.78 is 5.77. The van der Waals surface area contributed by atoms with Crippen molar-refractivity contribution in [3.05, 3.63) is 47.7 Å². The minimum Gasteiger partial charge on any atom is -0.481 e. The number of ether oxygens (including phenoxy) is 1. The van der Waals surface area contributed by atoms with Crippen LogP contribution in [0.3, 0.4) is 0 Å². The highest BCUT2D eigenvalue weighted by Crippen LogP contribution is 2.24. The second kappa shape index (κ2) is 5.92. The summed E-state index contributed by atoms with van der Waals surface area (Å²) in [6, 6.07) is 7.06. The first-order valence-electron chi connectivity index (χ1n) is 6.40. The summed E-state index contributed by atoms with van der Waals surface area (Å²) in [6.45, 7) is 5.85. The van der Waals surface area contributed by atoms with E-state index in [2.05, 4.69) is 12.3 Å². The quantitative estimate of drug-likeness (QED) is 0.643. The minimum atomic E-state index is -0.705. The van der Waals surface area contributed by atoms with Crippen LogP contribution in [0.5, 0.6) is 0 Å². The number of nitrogens with two attached hydrogens (primary N) is 1. The average Bonchev–Trinajstić information content (AvgIpc) is 2.78. The summed E-state index contributed by atoms with van der Waals surface area (Å²) in [5, 5.41) is 10.5. The molecule has 0 saturated carbocycles. The number of hydrogen-bond acceptors (Lipinski definition) is 4. The van der Waals surface area contributed by atoms with Gasteiger partial charge in [0.05, 0.1) is 6.54 Å². The molecule has 1 aliphatic heterocycles. The lowest BCUT2D eigenvalue weighted by atomic mass is 10.1. The first-order valence-corrected chi connectivity index (χ1v) is 6.40. The number of nitrogens with zero attached hydrogens (tertiary/aromatic N) is 1. The van der Waals surface area contributed by atoms with Gasteiger partial charge in [0.1, 0.15) is 12.1 Å². The fourth-order valence-electron chi connectivity index (χ4n) is 2.21. The number of carbonyl (C=O) groups is 1. The first-order chi connectivity index (χ1) is 9.51. The fourth-order valence-corrected chi connectivity index (χ4v) is 2.21. The van der Waals surface area contributed by atoms with E-state index in [0.717, 1.165) is 16.2 Å². The lowest BCUT2D eigenvalue weighted by Gasteiger charge is -2.14. The third-order valence-corrected chi connectivity index (χ3v) is 3.32. The van der Waals surface area contributed by atoms with Crippen LogP contribution in [0.15, 0.2) is 36.6 Å². The Morgan fingerprint density at radius 1 is 1.50 bits per heavy atom. The van der Waals surface area contributed by atoms with Gasteiger partial charge in [-0.05, 0) is 6.92 Å². The monoisotopic (exact) mass is 274 g/mol. The summed E-state index contributed by atoms with van der Waals surface area (Å²) >= 11 is 0. The number of carbonyl (C=O) groups excluding carboxylic acids is 1. The van der Waals surface area contributed by atoms with Crippen LogP contribution in [-0.2, 0) is 9.53 Å². The second-order valence-electron chi connectivity index (χ2n) is 4.89. The highest BCUT2D eigenvalue weighted by Gasteiger charge is 2.36. The molecule has 0 unspecified atom stereocenters. The molecule has 0 aromatic heterocycles. The van der Waals surface area contributed by atoms with Gasteiger partial charge in [-0.1, -0.05) is 42.1 Å². The Labute approximate surface area is 117 Å². The lowest BCUT2D eigenvalue weighted by Crippen LogP contribution is -2.38. The molecule has 1 amide bonds. The summed E-state index contributed by atoms with van der Waals surface area (Å²) in [7, 11) is 0. The van der Waals surface area contributed by atoms with Crippen molar-refractivity contribution in [2.45, 2.75) is 25.5 Å². The van der Waals surface area contributed by atoms with Gasteiger partial charge in [0.15, 0.2) is 5.76 Å². The molecule has 5 heteroatoms. The number of benzene rings is 1. The molecule has 5 nitrogen and oxygen atoms in total. The Hall–Kier alpha value is -2.07. The highest BCUT2D eigenvalue weighted by molar-refractivity contribution is 5.80. The van der Waals surface area contributed by atoms with Crippen LogP contribution >= 0.6 is 0 Å². The molecule has 0 aliphatic carbocycles. The van der Waals surface area contributed by atoms with E-state index in [1.807, 2.05) is 31.2 Å². The van der Waals surface area contributed by atoms with E-state index in [0.29, 0.717) is 12.2 Å². The van der Waals surface area contributed by atoms with Gasteiger partial charge in [0.25, 0.3) is 0 Å². The van der Waals surface area contributed by atoms with E-state index in [1.54, 1.807) is 0 Å². The smallest absolute Gasteiger partial charge is 0.237 e. The molecule has 0 bridgehead atoms. The molecule has 1 aromatic rings. The van der Waals surface area contributed by atoms with Gasteiger partial charge >= 0.3 is 0 Å². The molecule has 106 valence electrons. The van der Waals surface area contributed by atoms with E-state index >= 15 is 0 Å². The van der Waals surface area contributed by atoms with Crippen molar-refractivity contribution in [3.8, 4) is 0 Å². The predicted octanol–water partition coefficient (Wildman–Crippen LogP) is 1.45. The maximum Gasteiger partial charge on any atom is 0.237 e. The molecule has 1 heterocycles. The zero-order chi connectivity index (χ0) is 14.7. The molecule has 2 rings (SSSR count). The van der Waals surface area contributed by atoms with Crippen molar-refractivity contribution in [1.82, 2.24) is 5.06 Å². The molecule has 0 spiro atoms. The Morgan fingerprint density at radius 3 is 2.65 bits per heavy atom. The summed E-state index contributed by atoms with van der Waals surface area (Å²) in [5.41, 5.74) is 9.97. The highest BCUT2D eigenvalue weighted by atomic mass is 16.5. The van der Waals surface area contributed by atoms with Gasteiger partial charge in [0, 0.05) is 12.0 Å². The minimum absolute atomic E-state index is 0.227. The van der Waals surface area contributed by atoms with Crippen LogP contribution in [-0.4, -0.2) is 34.9 Å². The number of amides is 1. The van der Waals surface area contributed by atoms with E-state index in [4.69, 9.17) is 10.5 Å². The van der Waals surface area contributed by atoms with Gasteiger partial charge in [-0.15, -0.1) is 0 Å². The van der Waals surface area contributed by atoms with Gasteiger partial charge in [-0.3, -0.25) is 4.79 Å². The zero-order valence-electron chi connectivity index (χ0n) is 11.4. The molecular weight excluding hydrogens is 256 g/mol. The average molecular weight is 274 g/mol. The fraction of sp³-hybridized carbons (Fsp3) is 0.333. The summed E-state index contributed by atoms with van der Waals surface area (Å²) in [4.78, 5) is 11.2. The SMILES string of the molecule is C=C=C(O[C@H]1C[C@@H](C(N)=O)N(O)C1)c1ccc(C)cc1. The number of rotatable bonds is 4. The third kappa shape index (κ3) is 3.08. The third-order valence-electron chi connectivity index (χ3n) is 3.32. The van der Waals surface area contributed by atoms with Crippen LogP contribution in [0, 0.1) is 6.92 Å². The van der Waals surface area contributed by atoms with Crippen molar-refractivity contribution in [2.24, 2.45) is 5.73 Å². The van der Waals surface area contributed by atoms with Crippen LogP contribution in [0.25, 0.3) is 5.76 Å². The van der Waals surface area contributed by atoms with E-state index in [9.17, 15) is 10.0 Å². The first kappa shape index (κ1) is 14.3. The van der Waals surface area contributed by atoms with E-state index in [1.165, 1.54) is 0 Å². The Bertz CT molecular complexity index is 547. The molecule has 20 heavy (non-hydrogen) atoms. The van der Waals surface area contributed by atoms with Crippen LogP contribution in [0.2, 0.25) is 0 Å². The number of primary amides is 1. The topological polar surface area (TPSA) is 75.8 Å². The number of hydroxylamine groups is 2. The maximum atomic E-state index is 11.2. The molecule has 0 radical (unpaired) electrons. The van der Waals surface area contributed by atoms with Gasteiger partial charge in [-0.2, -0.15) is 5.06 Å². The number of hydrogen-bond donors (Lipinski definition) is 2. The lowest BCUT2D eigenvalue weighted by molar-refractivity contribution is -0.143. The van der Waals surface area contributed by atoms with Gasteiger partial charge in [0.2, 0.25) is 5.91 Å². The largest absolute Gasteiger partial charge is 0.481 e. The van der Waals surface area contributed by atoms with Crippen LogP contribution in [0.4, 0.5) is 0 Å². The van der Waals surface area contributed by atoms with Crippen molar-refractivity contribution < 1.29 is 14.7 Å². The van der Waals surface area contributed by atoms with Gasteiger partial charge in [-0.25, -0.2) is 0 Å². The Balaban J connectivity index is 2.07. The number of aryl methyl sites for hydroxylation is 1. The van der Waals surface area contributed by atoms with E-state index < -0.39 is 11.9 Å². The van der Waals surface area contributed by atoms with Crippen molar-refractivity contribution in [1.29, 1.82) is 0 Å². The maximum absolute atomic E-state index is 11.2. The molecule has 3 N–H and O–H groups in total. The predicted molar refractivity (Wildman–Crippen MR) is 74.7 cm³/mol. The molecule has 2 atom stereocenters. The van der Waals surface area contributed by atoms with Crippen molar-refractivity contribution in [3.63, 3.8) is 0 Å². The van der Waals surface area contributed by atoms with E-state index in [-0.39, 0.29) is 12.6 Å². The normalized spacial score (nSPS) is 22.3. The summed E-state index contributed by atoms with van der Waals surface area (Å²) in [6.07, 6.45) is 0.0335. The Morgan fingerprint density at radius 2 is 2.15 bits per heavy atom. The zero-order valence-corrected chi connectivity index (χ0v) is 11.4. The van der Waals surface area contributed by atoms with Crippen molar-refractivity contribution >= 4 is 11.7 Å². The molecule has 1 saturated heterocycles. The van der Waals surface area contributed by atoms with Crippen LogP contribution < -0.4 is 5.73 Å². The second-order valence-corrected chi connectivity index (χ2v) is 4.89. The molecule has 1 aliphatic rings. The molecule has 1 aromatic carbocycles. The molecule has 1 fully saturated rings. The van der Waals surface area contributed by atoms with Gasteiger partial charge < -0.3 is 15.7 Å². The van der Waals surface area contributed by atoms with Crippen molar-refractivity contribution in [2.75, 3.05) is 6.54 Å². The van der Waals surface area contributed by atoms with Crippen LogP contribution in [0.1, 0.15) is 17.5 Å². The molecular formula is C15H18N2O3.